The van der Waals surface area contributed by atoms with Gasteiger partial charge in [-0.2, -0.15) is 0 Å². The maximum Gasteiger partial charge on any atom is 0.244 e. The molecule has 1 heterocycles. The summed E-state index contributed by atoms with van der Waals surface area (Å²) in [6, 6.07) is 12.9. The molecule has 1 unspecified atom stereocenters. The molecular formula is C21H27N3O2. The van der Waals surface area contributed by atoms with Gasteiger partial charge in [-0.25, -0.2) is 0 Å². The van der Waals surface area contributed by atoms with Crippen LogP contribution in [0.2, 0.25) is 0 Å². The second-order valence-electron chi connectivity index (χ2n) is 7.50. The minimum Gasteiger partial charge on any atom is -0.508 e. The van der Waals surface area contributed by atoms with Gasteiger partial charge in [0.15, 0.2) is 0 Å². The number of aromatic hydroxyl groups is 1. The van der Waals surface area contributed by atoms with Crippen LogP contribution in [-0.4, -0.2) is 41.6 Å². The molecule has 5 heteroatoms. The first-order chi connectivity index (χ1) is 12.3. The van der Waals surface area contributed by atoms with Crippen LogP contribution < -0.4 is 11.1 Å². The fourth-order valence-corrected chi connectivity index (χ4v) is 3.31. The van der Waals surface area contributed by atoms with Crippen LogP contribution in [0, 0.1) is 0 Å². The van der Waals surface area contributed by atoms with Crippen molar-refractivity contribution in [2.24, 2.45) is 5.73 Å². The first-order valence-corrected chi connectivity index (χ1v) is 9.02. The van der Waals surface area contributed by atoms with Gasteiger partial charge < -0.3 is 21.1 Å². The number of carbonyl (C=O) groups is 1. The van der Waals surface area contributed by atoms with E-state index in [-0.39, 0.29) is 11.7 Å². The Hall–Kier alpha value is -2.37. The van der Waals surface area contributed by atoms with Crippen molar-refractivity contribution in [3.63, 3.8) is 0 Å². The predicted octanol–water partition coefficient (Wildman–Crippen LogP) is 2.32. The third-order valence-electron chi connectivity index (χ3n) is 5.02. The van der Waals surface area contributed by atoms with Crippen molar-refractivity contribution >= 4 is 11.6 Å². The number of hydrogen-bond donors (Lipinski definition) is 3. The molecule has 0 aliphatic carbocycles. The Labute approximate surface area is 154 Å². The third-order valence-corrected chi connectivity index (χ3v) is 5.02. The maximum absolute atomic E-state index is 12.7. The first-order valence-electron chi connectivity index (χ1n) is 9.02. The number of anilines is 1. The second-order valence-corrected chi connectivity index (χ2v) is 7.50. The van der Waals surface area contributed by atoms with Gasteiger partial charge in [-0.1, -0.05) is 18.2 Å². The highest BCUT2D eigenvalue weighted by atomic mass is 16.3. The molecule has 0 radical (unpaired) electrons. The monoisotopic (exact) mass is 353 g/mol. The van der Waals surface area contributed by atoms with Gasteiger partial charge in [-0.3, -0.25) is 4.79 Å². The van der Waals surface area contributed by atoms with Gasteiger partial charge >= 0.3 is 0 Å². The van der Waals surface area contributed by atoms with E-state index in [9.17, 15) is 9.90 Å². The maximum atomic E-state index is 12.7. The quantitative estimate of drug-likeness (QED) is 0.788. The van der Waals surface area contributed by atoms with Crippen LogP contribution in [0.4, 0.5) is 5.69 Å². The Morgan fingerprint density at radius 2 is 1.81 bits per heavy atom. The average Bonchev–Trinajstić information content (AvgIpc) is 2.78. The lowest BCUT2D eigenvalue weighted by molar-refractivity contribution is -0.120. The molecule has 4 N–H and O–H groups in total. The molecular weight excluding hydrogens is 326 g/mol. The van der Waals surface area contributed by atoms with Gasteiger partial charge in [0.2, 0.25) is 5.91 Å². The molecule has 0 spiro atoms. The number of hydrogen-bond acceptors (Lipinski definition) is 4. The van der Waals surface area contributed by atoms with E-state index in [4.69, 9.17) is 5.73 Å². The minimum atomic E-state index is -1.04. The van der Waals surface area contributed by atoms with Gasteiger partial charge in [-0.05, 0) is 74.2 Å². The Morgan fingerprint density at radius 3 is 2.50 bits per heavy atom. The molecule has 0 aromatic heterocycles. The van der Waals surface area contributed by atoms with Crippen LogP contribution in [0.15, 0.2) is 42.5 Å². The van der Waals surface area contributed by atoms with E-state index in [0.717, 1.165) is 37.2 Å². The largest absolute Gasteiger partial charge is 0.508 e. The number of carbonyl (C=O) groups excluding carboxylic acids is 1. The van der Waals surface area contributed by atoms with Crippen LogP contribution in [0.3, 0.4) is 0 Å². The Kier molecular flexibility index (Phi) is 5.30. The zero-order valence-electron chi connectivity index (χ0n) is 15.5. The molecule has 5 nitrogen and oxygen atoms in total. The van der Waals surface area contributed by atoms with Gasteiger partial charge in [0.1, 0.15) is 5.75 Å². The first kappa shape index (κ1) is 18.4. The molecule has 0 saturated heterocycles. The third kappa shape index (κ3) is 4.42. The van der Waals surface area contributed by atoms with Crippen molar-refractivity contribution in [3.8, 4) is 5.75 Å². The van der Waals surface area contributed by atoms with E-state index in [2.05, 4.69) is 29.4 Å². The molecule has 1 atom stereocenters. The summed E-state index contributed by atoms with van der Waals surface area (Å²) in [7, 11) is 2.14. The highest BCUT2D eigenvalue weighted by Gasteiger charge is 2.29. The van der Waals surface area contributed by atoms with Crippen molar-refractivity contribution in [3.05, 3.63) is 59.2 Å². The molecule has 0 saturated carbocycles. The van der Waals surface area contributed by atoms with Crippen LogP contribution >= 0.6 is 0 Å². The van der Waals surface area contributed by atoms with Crippen molar-refractivity contribution in [1.29, 1.82) is 0 Å². The van der Waals surface area contributed by atoms with E-state index in [0.29, 0.717) is 6.42 Å². The summed E-state index contributed by atoms with van der Waals surface area (Å²) in [5, 5.41) is 12.3. The number of amides is 1. The SMILES string of the molecule is CN1CCc2ccc(NC(=O)C(C)(N)Cc3ccc(O)cc3)cc2CC1. The van der Waals surface area contributed by atoms with Crippen molar-refractivity contribution < 1.29 is 9.90 Å². The van der Waals surface area contributed by atoms with Gasteiger partial charge in [0.05, 0.1) is 5.54 Å². The number of benzene rings is 2. The topological polar surface area (TPSA) is 78.6 Å². The molecule has 1 amide bonds. The molecule has 0 fully saturated rings. The fourth-order valence-electron chi connectivity index (χ4n) is 3.31. The summed E-state index contributed by atoms with van der Waals surface area (Å²) in [6.07, 6.45) is 2.42. The number of likely N-dealkylation sites (N-methyl/N-ethyl adjacent to an activating group) is 1. The zero-order valence-corrected chi connectivity index (χ0v) is 15.5. The van der Waals surface area contributed by atoms with Crippen LogP contribution in [-0.2, 0) is 24.1 Å². The second kappa shape index (κ2) is 7.48. The highest BCUT2D eigenvalue weighted by Crippen LogP contribution is 2.22. The summed E-state index contributed by atoms with van der Waals surface area (Å²) in [5.41, 5.74) is 9.59. The molecule has 3 rings (SSSR count). The lowest BCUT2D eigenvalue weighted by Crippen LogP contribution is -2.50. The minimum absolute atomic E-state index is 0.201. The lowest BCUT2D eigenvalue weighted by Gasteiger charge is -2.24. The molecule has 2 aromatic carbocycles. The number of nitrogens with two attached hydrogens (primary N) is 1. The average molecular weight is 353 g/mol. The van der Waals surface area contributed by atoms with Crippen molar-refractivity contribution in [1.82, 2.24) is 4.90 Å². The van der Waals surface area contributed by atoms with E-state index in [1.807, 2.05) is 6.07 Å². The van der Waals surface area contributed by atoms with Gasteiger partial charge in [-0.15, -0.1) is 0 Å². The molecule has 138 valence electrons. The summed E-state index contributed by atoms with van der Waals surface area (Å²) in [6.45, 7) is 3.82. The summed E-state index contributed by atoms with van der Waals surface area (Å²) in [4.78, 5) is 15.0. The summed E-state index contributed by atoms with van der Waals surface area (Å²) >= 11 is 0. The molecule has 0 bridgehead atoms. The normalized spacial score (nSPS) is 17.0. The molecule has 2 aromatic rings. The van der Waals surface area contributed by atoms with Crippen LogP contribution in [0.1, 0.15) is 23.6 Å². The lowest BCUT2D eigenvalue weighted by atomic mass is 9.92. The highest BCUT2D eigenvalue weighted by molar-refractivity contribution is 5.98. The number of nitrogens with one attached hydrogen (secondary N) is 1. The summed E-state index contributed by atoms with van der Waals surface area (Å²) < 4.78 is 0. The predicted molar refractivity (Wildman–Crippen MR) is 104 cm³/mol. The van der Waals surface area contributed by atoms with E-state index < -0.39 is 5.54 Å². The summed E-state index contributed by atoms with van der Waals surface area (Å²) in [5.74, 6) is -0.0104. The van der Waals surface area contributed by atoms with Gasteiger partial charge in [0, 0.05) is 18.8 Å². The smallest absolute Gasteiger partial charge is 0.244 e. The number of phenols is 1. The van der Waals surface area contributed by atoms with Crippen LogP contribution in [0.25, 0.3) is 0 Å². The Bertz CT molecular complexity index is 784. The van der Waals surface area contributed by atoms with Gasteiger partial charge in [0.25, 0.3) is 0 Å². The molecule has 1 aliphatic heterocycles. The van der Waals surface area contributed by atoms with Crippen molar-refractivity contribution in [2.45, 2.75) is 31.7 Å². The Balaban J connectivity index is 1.69. The zero-order chi connectivity index (χ0) is 18.7. The van der Waals surface area contributed by atoms with Crippen molar-refractivity contribution in [2.75, 3.05) is 25.5 Å². The van der Waals surface area contributed by atoms with E-state index >= 15 is 0 Å². The number of nitrogens with zero attached hydrogens (tertiary/aromatic N) is 1. The number of rotatable bonds is 4. The molecule has 26 heavy (non-hydrogen) atoms. The fraction of sp³-hybridized carbons (Fsp3) is 0.381. The standard InChI is InChI=1S/C21H27N3O2/c1-21(22,14-15-3-7-19(25)8-4-15)20(26)23-18-6-5-16-9-11-24(2)12-10-17(16)13-18/h3-8,13,25H,9-12,14,22H2,1-2H3,(H,23,26). The Morgan fingerprint density at radius 1 is 1.15 bits per heavy atom. The number of phenolic OH excluding ortho intramolecular Hbond substituents is 1. The molecule has 1 aliphatic rings. The number of fused-ring (bicyclic) bond motifs is 1. The van der Waals surface area contributed by atoms with Crippen LogP contribution in [0.5, 0.6) is 5.75 Å². The van der Waals surface area contributed by atoms with E-state index in [1.165, 1.54) is 11.1 Å². The van der Waals surface area contributed by atoms with E-state index in [1.54, 1.807) is 31.2 Å².